The Morgan fingerprint density at radius 3 is 2.14 bits per heavy atom. The molecule has 0 aliphatic carbocycles. The van der Waals surface area contributed by atoms with E-state index in [4.69, 9.17) is 0 Å². The number of alkyl halides is 2. The molecule has 0 saturated carbocycles. The number of hydrogen-bond donors (Lipinski definition) is 0. The summed E-state index contributed by atoms with van der Waals surface area (Å²) in [7, 11) is 1.48. The molecule has 2 heterocycles. The zero-order valence-corrected chi connectivity index (χ0v) is 16.0. The second-order valence-electron chi connectivity index (χ2n) is 6.48. The maximum atomic E-state index is 13.2. The van der Waals surface area contributed by atoms with Gasteiger partial charge in [0.15, 0.2) is 5.16 Å². The maximum absolute atomic E-state index is 13.2. The fraction of sp³-hybridized carbons (Fsp3) is 0.250. The summed E-state index contributed by atoms with van der Waals surface area (Å²) in [6, 6.07) is 15.7. The molecule has 0 bridgehead atoms. The van der Waals surface area contributed by atoms with Gasteiger partial charge >= 0.3 is 0 Å². The molecule has 0 spiro atoms. The highest BCUT2D eigenvalue weighted by molar-refractivity contribution is 7.99. The molecule has 1 aromatic heterocycles. The molecular formula is C20H18F2N4OS. The van der Waals surface area contributed by atoms with Gasteiger partial charge in [0.25, 0.3) is 6.43 Å². The molecule has 0 unspecified atom stereocenters. The standard InChI is InChI=1S/C20H18F2N4OS/c1-25-19(18(21)22)23-24-20(25)28-12-17(27)26-15-8-4-2-6-13(15)10-11-14-7-3-5-9-16(14)26/h2-9,18H,10-12H2,1H3. The molecule has 0 fully saturated rings. The number of hydrogen-bond acceptors (Lipinski definition) is 4. The van der Waals surface area contributed by atoms with Gasteiger partial charge in [-0.25, -0.2) is 8.78 Å². The molecule has 1 aliphatic heterocycles. The highest BCUT2D eigenvalue weighted by Gasteiger charge is 2.26. The molecule has 1 aliphatic rings. The minimum absolute atomic E-state index is 0.0673. The van der Waals surface area contributed by atoms with Crippen molar-refractivity contribution in [1.82, 2.24) is 14.8 Å². The third kappa shape index (κ3) is 3.40. The highest BCUT2D eigenvalue weighted by Crippen LogP contribution is 2.36. The summed E-state index contributed by atoms with van der Waals surface area (Å²) in [5.41, 5.74) is 3.94. The Labute approximate surface area is 165 Å². The molecule has 28 heavy (non-hydrogen) atoms. The van der Waals surface area contributed by atoms with E-state index in [0.717, 1.165) is 47.1 Å². The quantitative estimate of drug-likeness (QED) is 0.613. The first kappa shape index (κ1) is 18.6. The lowest BCUT2D eigenvalue weighted by molar-refractivity contribution is -0.115. The van der Waals surface area contributed by atoms with Crippen LogP contribution in [-0.2, 0) is 24.7 Å². The van der Waals surface area contributed by atoms with Crippen LogP contribution in [-0.4, -0.2) is 26.4 Å². The van der Waals surface area contributed by atoms with Gasteiger partial charge in [0.1, 0.15) is 0 Å². The van der Waals surface area contributed by atoms with E-state index in [9.17, 15) is 13.6 Å². The van der Waals surface area contributed by atoms with E-state index in [1.807, 2.05) is 48.5 Å². The minimum Gasteiger partial charge on any atom is -0.304 e. The number of fused-ring (bicyclic) bond motifs is 2. The van der Waals surface area contributed by atoms with Crippen molar-refractivity contribution in [1.29, 1.82) is 0 Å². The zero-order valence-electron chi connectivity index (χ0n) is 15.2. The van der Waals surface area contributed by atoms with E-state index in [-0.39, 0.29) is 11.7 Å². The maximum Gasteiger partial charge on any atom is 0.297 e. The number of para-hydroxylation sites is 2. The third-order valence-electron chi connectivity index (χ3n) is 4.77. The molecular weight excluding hydrogens is 382 g/mol. The first-order valence-electron chi connectivity index (χ1n) is 8.85. The number of carbonyl (C=O) groups is 1. The van der Waals surface area contributed by atoms with Gasteiger partial charge in [-0.15, -0.1) is 10.2 Å². The van der Waals surface area contributed by atoms with Crippen LogP contribution in [0.4, 0.5) is 20.2 Å². The summed E-state index contributed by atoms with van der Waals surface area (Å²) >= 11 is 1.11. The van der Waals surface area contributed by atoms with Gasteiger partial charge in [0, 0.05) is 7.05 Å². The molecule has 2 aromatic carbocycles. The number of benzene rings is 2. The highest BCUT2D eigenvalue weighted by atomic mass is 32.2. The van der Waals surface area contributed by atoms with Crippen molar-refractivity contribution in [3.05, 3.63) is 65.5 Å². The van der Waals surface area contributed by atoms with Crippen molar-refractivity contribution in [3.8, 4) is 0 Å². The van der Waals surface area contributed by atoms with E-state index in [0.29, 0.717) is 5.16 Å². The second kappa shape index (κ2) is 7.71. The lowest BCUT2D eigenvalue weighted by Crippen LogP contribution is -2.28. The van der Waals surface area contributed by atoms with E-state index in [2.05, 4.69) is 10.2 Å². The van der Waals surface area contributed by atoms with Gasteiger partial charge in [-0.3, -0.25) is 9.69 Å². The summed E-state index contributed by atoms with van der Waals surface area (Å²) in [5.74, 6) is -0.466. The smallest absolute Gasteiger partial charge is 0.297 e. The normalized spacial score (nSPS) is 13.2. The van der Waals surface area contributed by atoms with Crippen molar-refractivity contribution in [2.75, 3.05) is 10.7 Å². The molecule has 0 saturated heterocycles. The summed E-state index contributed by atoms with van der Waals surface area (Å²) in [6.07, 6.45) is -0.997. The molecule has 1 amide bonds. The Kier molecular flexibility index (Phi) is 5.13. The van der Waals surface area contributed by atoms with Crippen LogP contribution >= 0.6 is 11.8 Å². The number of thioether (sulfide) groups is 1. The molecule has 4 rings (SSSR count). The molecule has 0 atom stereocenters. The fourth-order valence-electron chi connectivity index (χ4n) is 3.38. The van der Waals surface area contributed by atoms with Gasteiger partial charge in [0.05, 0.1) is 17.1 Å². The fourth-order valence-corrected chi connectivity index (χ4v) is 4.15. The minimum atomic E-state index is -2.70. The van der Waals surface area contributed by atoms with Gasteiger partial charge in [-0.05, 0) is 36.1 Å². The van der Waals surface area contributed by atoms with Gasteiger partial charge in [-0.2, -0.15) is 0 Å². The Balaban J connectivity index is 1.64. The molecule has 8 heteroatoms. The third-order valence-corrected chi connectivity index (χ3v) is 5.77. The number of aryl methyl sites for hydroxylation is 2. The average molecular weight is 400 g/mol. The number of amides is 1. The van der Waals surface area contributed by atoms with E-state index in [1.165, 1.54) is 11.6 Å². The lowest BCUT2D eigenvalue weighted by Gasteiger charge is -2.24. The van der Waals surface area contributed by atoms with Gasteiger partial charge in [0.2, 0.25) is 11.7 Å². The Hall–Kier alpha value is -2.74. The topological polar surface area (TPSA) is 51.0 Å². The summed E-state index contributed by atoms with van der Waals surface area (Å²) in [4.78, 5) is 14.9. The number of aromatic nitrogens is 3. The first-order chi connectivity index (χ1) is 13.6. The van der Waals surface area contributed by atoms with Crippen LogP contribution in [0.5, 0.6) is 0 Å². The van der Waals surface area contributed by atoms with Crippen molar-refractivity contribution in [2.24, 2.45) is 7.05 Å². The van der Waals surface area contributed by atoms with Crippen LogP contribution in [0, 0.1) is 0 Å². The van der Waals surface area contributed by atoms with Crippen LogP contribution in [0.15, 0.2) is 53.7 Å². The van der Waals surface area contributed by atoms with Crippen molar-refractivity contribution >= 4 is 29.0 Å². The van der Waals surface area contributed by atoms with E-state index >= 15 is 0 Å². The summed E-state index contributed by atoms with van der Waals surface area (Å²) < 4.78 is 27.0. The van der Waals surface area contributed by atoms with Gasteiger partial charge in [-0.1, -0.05) is 48.2 Å². The number of halogens is 2. The monoisotopic (exact) mass is 400 g/mol. The SMILES string of the molecule is Cn1c(SCC(=O)N2c3ccccc3CCc3ccccc32)nnc1C(F)F. The summed E-state index contributed by atoms with van der Waals surface area (Å²) in [5, 5.41) is 7.59. The zero-order chi connectivity index (χ0) is 19.7. The number of carbonyl (C=O) groups excluding carboxylic acids is 1. The molecule has 0 radical (unpaired) electrons. The van der Waals surface area contributed by atoms with Crippen LogP contribution < -0.4 is 4.90 Å². The number of rotatable bonds is 4. The Bertz CT molecular complexity index is 973. The molecule has 0 N–H and O–H groups in total. The summed E-state index contributed by atoms with van der Waals surface area (Å²) in [6.45, 7) is 0. The number of nitrogens with zero attached hydrogens (tertiary/aromatic N) is 4. The van der Waals surface area contributed by atoms with Crippen molar-refractivity contribution in [3.63, 3.8) is 0 Å². The first-order valence-corrected chi connectivity index (χ1v) is 9.84. The predicted molar refractivity (Wildman–Crippen MR) is 104 cm³/mol. The van der Waals surface area contributed by atoms with Crippen molar-refractivity contribution in [2.45, 2.75) is 24.4 Å². The van der Waals surface area contributed by atoms with Crippen LogP contribution in [0.3, 0.4) is 0 Å². The Morgan fingerprint density at radius 1 is 1.04 bits per heavy atom. The Morgan fingerprint density at radius 2 is 1.61 bits per heavy atom. The second-order valence-corrected chi connectivity index (χ2v) is 7.42. The molecule has 3 aromatic rings. The van der Waals surface area contributed by atoms with E-state index < -0.39 is 12.2 Å². The largest absolute Gasteiger partial charge is 0.304 e. The molecule has 144 valence electrons. The van der Waals surface area contributed by atoms with Crippen LogP contribution in [0.2, 0.25) is 0 Å². The van der Waals surface area contributed by atoms with Gasteiger partial charge < -0.3 is 4.57 Å². The van der Waals surface area contributed by atoms with Crippen molar-refractivity contribution < 1.29 is 13.6 Å². The van der Waals surface area contributed by atoms with Crippen LogP contribution in [0.25, 0.3) is 0 Å². The van der Waals surface area contributed by atoms with E-state index in [1.54, 1.807) is 4.90 Å². The molecule has 5 nitrogen and oxygen atoms in total. The predicted octanol–water partition coefficient (Wildman–Crippen LogP) is 4.31. The number of anilines is 2. The average Bonchev–Trinajstić information content (AvgIpc) is 2.98. The lowest BCUT2D eigenvalue weighted by atomic mass is 10.0. The van der Waals surface area contributed by atoms with Crippen LogP contribution in [0.1, 0.15) is 23.4 Å².